The van der Waals surface area contributed by atoms with Gasteiger partial charge >= 0.3 is 0 Å². The van der Waals surface area contributed by atoms with Crippen molar-refractivity contribution in [1.29, 1.82) is 0 Å². The van der Waals surface area contributed by atoms with E-state index in [1.807, 2.05) is 25.5 Å². The van der Waals surface area contributed by atoms with Crippen molar-refractivity contribution in [3.63, 3.8) is 0 Å². The van der Waals surface area contributed by atoms with E-state index in [9.17, 15) is 0 Å². The largest absolute Gasteiger partial charge is 0.383 e. The Bertz CT molecular complexity index is 755. The van der Waals surface area contributed by atoms with Crippen LogP contribution in [0.4, 0.5) is 0 Å². The van der Waals surface area contributed by atoms with Gasteiger partial charge in [0.05, 0.1) is 42.6 Å². The first-order valence-corrected chi connectivity index (χ1v) is 9.74. The van der Waals surface area contributed by atoms with Crippen molar-refractivity contribution in [3.05, 3.63) is 32.5 Å². The normalized spacial score (nSPS) is 11.4. The van der Waals surface area contributed by atoms with Gasteiger partial charge in [0.25, 0.3) is 0 Å². The number of methoxy groups -OCH3 is 1. The Hall–Kier alpha value is -1.20. The van der Waals surface area contributed by atoms with Crippen LogP contribution in [0.3, 0.4) is 0 Å². The molecule has 9 heteroatoms. The van der Waals surface area contributed by atoms with E-state index >= 15 is 0 Å². The molecule has 2 aromatic rings. The molecule has 7 nitrogen and oxygen atoms in total. The molecule has 27 heavy (non-hydrogen) atoms. The first-order chi connectivity index (χ1) is 12.5. The van der Waals surface area contributed by atoms with Gasteiger partial charge < -0.3 is 15.4 Å². The van der Waals surface area contributed by atoms with Crippen LogP contribution in [0.2, 0.25) is 0 Å². The highest BCUT2D eigenvalue weighted by Crippen LogP contribution is 2.17. The van der Waals surface area contributed by atoms with Crippen molar-refractivity contribution >= 4 is 41.3 Å². The zero-order valence-electron chi connectivity index (χ0n) is 17.0. The van der Waals surface area contributed by atoms with Crippen LogP contribution < -0.4 is 10.6 Å². The molecule has 0 aliphatic carbocycles. The molecule has 0 aromatic carbocycles. The lowest BCUT2D eigenvalue weighted by molar-refractivity contribution is 0.182. The number of ether oxygens (including phenoxy) is 1. The Kier molecular flexibility index (Phi) is 10.2. The highest BCUT2D eigenvalue weighted by Gasteiger charge is 2.11. The number of nitrogens with zero attached hydrogens (tertiary/aromatic N) is 4. The molecule has 2 N–H and O–H groups in total. The van der Waals surface area contributed by atoms with Crippen LogP contribution >= 0.6 is 35.3 Å². The number of aryl methyl sites for hydroxylation is 3. The monoisotopic (exact) mass is 506 g/mol. The molecule has 0 spiro atoms. The van der Waals surface area contributed by atoms with Gasteiger partial charge in [-0.2, -0.15) is 5.10 Å². The second-order valence-corrected chi connectivity index (χ2v) is 7.44. The zero-order chi connectivity index (χ0) is 19.1. The van der Waals surface area contributed by atoms with Gasteiger partial charge in [0.1, 0.15) is 0 Å². The Balaban J connectivity index is 0.00000364. The summed E-state index contributed by atoms with van der Waals surface area (Å²) in [5.74, 6) is 0.807. The number of aliphatic imine (C=N–C) groups is 1. The summed E-state index contributed by atoms with van der Waals surface area (Å²) in [6.07, 6.45) is 0. The Morgan fingerprint density at radius 3 is 2.52 bits per heavy atom. The second-order valence-electron chi connectivity index (χ2n) is 6.16. The first-order valence-electron chi connectivity index (χ1n) is 8.93. The van der Waals surface area contributed by atoms with E-state index in [4.69, 9.17) is 9.73 Å². The van der Waals surface area contributed by atoms with Crippen molar-refractivity contribution in [2.24, 2.45) is 4.99 Å². The highest BCUT2D eigenvalue weighted by atomic mass is 127. The maximum absolute atomic E-state index is 5.15. The molecule has 0 unspecified atom stereocenters. The summed E-state index contributed by atoms with van der Waals surface area (Å²) in [7, 11) is 1.71. The molecular formula is C18H31IN6OS. The highest BCUT2D eigenvalue weighted by molar-refractivity contribution is 14.0. The van der Waals surface area contributed by atoms with Gasteiger partial charge in [-0.25, -0.2) is 9.98 Å². The van der Waals surface area contributed by atoms with Gasteiger partial charge in [0.15, 0.2) is 5.96 Å². The van der Waals surface area contributed by atoms with Gasteiger partial charge in [0.2, 0.25) is 0 Å². The standard InChI is InChI=1S/C18H30N6OS.HI/c1-7-19-18(21-11-17-13(3)22-15(5)26-17)20-10-16-12(2)23-24(14(16)4)8-9-25-6;/h7-11H2,1-6H3,(H2,19,20,21);1H. The van der Waals surface area contributed by atoms with Crippen LogP contribution in [0.1, 0.15) is 39.5 Å². The van der Waals surface area contributed by atoms with E-state index in [0.717, 1.165) is 47.7 Å². The van der Waals surface area contributed by atoms with Gasteiger partial charge in [-0.3, -0.25) is 4.68 Å². The number of aromatic nitrogens is 3. The van der Waals surface area contributed by atoms with Crippen molar-refractivity contribution in [1.82, 2.24) is 25.4 Å². The summed E-state index contributed by atoms with van der Waals surface area (Å²) < 4.78 is 7.15. The van der Waals surface area contributed by atoms with E-state index in [1.54, 1.807) is 18.4 Å². The number of hydrogen-bond donors (Lipinski definition) is 2. The molecule has 0 aliphatic heterocycles. The number of guanidine groups is 1. The average molecular weight is 506 g/mol. The third-order valence-corrected chi connectivity index (χ3v) is 5.27. The van der Waals surface area contributed by atoms with Crippen LogP contribution in [0, 0.1) is 27.7 Å². The summed E-state index contributed by atoms with van der Waals surface area (Å²) in [6, 6.07) is 0. The van der Waals surface area contributed by atoms with Gasteiger partial charge in [-0.1, -0.05) is 0 Å². The van der Waals surface area contributed by atoms with E-state index in [0.29, 0.717) is 13.2 Å². The fourth-order valence-electron chi connectivity index (χ4n) is 2.76. The fraction of sp³-hybridized carbons (Fsp3) is 0.611. The lowest BCUT2D eigenvalue weighted by Gasteiger charge is -2.11. The van der Waals surface area contributed by atoms with Gasteiger partial charge in [0, 0.05) is 29.8 Å². The van der Waals surface area contributed by atoms with E-state index in [-0.39, 0.29) is 24.0 Å². The van der Waals surface area contributed by atoms with E-state index in [1.165, 1.54) is 10.4 Å². The molecule has 2 rings (SSSR count). The van der Waals surface area contributed by atoms with E-state index in [2.05, 4.69) is 34.6 Å². The molecule has 0 aliphatic rings. The third-order valence-electron chi connectivity index (χ3n) is 4.19. The Labute approximate surface area is 183 Å². The number of halogens is 1. The predicted octanol–water partition coefficient (Wildman–Crippen LogP) is 3.09. The lowest BCUT2D eigenvalue weighted by Crippen LogP contribution is -2.36. The number of thiazole rings is 1. The van der Waals surface area contributed by atoms with Crippen molar-refractivity contribution in [2.45, 2.75) is 54.3 Å². The van der Waals surface area contributed by atoms with Gasteiger partial charge in [-0.05, 0) is 34.6 Å². The van der Waals surface area contributed by atoms with Crippen LogP contribution in [0.5, 0.6) is 0 Å². The number of hydrogen-bond acceptors (Lipinski definition) is 5. The molecule has 0 radical (unpaired) electrons. The topological polar surface area (TPSA) is 76.4 Å². The summed E-state index contributed by atoms with van der Waals surface area (Å²) in [5.41, 5.74) is 4.42. The zero-order valence-corrected chi connectivity index (χ0v) is 20.2. The van der Waals surface area contributed by atoms with Crippen molar-refractivity contribution < 1.29 is 4.74 Å². The molecule has 2 heterocycles. The lowest BCUT2D eigenvalue weighted by atomic mass is 10.2. The van der Waals surface area contributed by atoms with Crippen LogP contribution in [0.25, 0.3) is 0 Å². The molecular weight excluding hydrogens is 475 g/mol. The van der Waals surface area contributed by atoms with Crippen LogP contribution in [0.15, 0.2) is 4.99 Å². The first kappa shape index (κ1) is 23.8. The summed E-state index contributed by atoms with van der Waals surface area (Å²) >= 11 is 1.72. The molecule has 0 fully saturated rings. The maximum atomic E-state index is 5.15. The Morgan fingerprint density at radius 1 is 1.19 bits per heavy atom. The van der Waals surface area contributed by atoms with Crippen molar-refractivity contribution in [3.8, 4) is 0 Å². The molecule has 0 saturated carbocycles. The summed E-state index contributed by atoms with van der Waals surface area (Å²) in [5, 5.41) is 12.4. The second kappa shape index (κ2) is 11.6. The quantitative estimate of drug-likeness (QED) is 0.327. The summed E-state index contributed by atoms with van der Waals surface area (Å²) in [4.78, 5) is 10.5. The number of nitrogens with one attached hydrogen (secondary N) is 2. The van der Waals surface area contributed by atoms with Crippen molar-refractivity contribution in [2.75, 3.05) is 20.3 Å². The minimum atomic E-state index is 0. The average Bonchev–Trinajstić information content (AvgIpc) is 3.06. The third kappa shape index (κ3) is 6.72. The molecule has 0 bridgehead atoms. The molecule has 0 amide bonds. The molecule has 152 valence electrons. The fourth-order valence-corrected chi connectivity index (χ4v) is 3.64. The minimum absolute atomic E-state index is 0. The Morgan fingerprint density at radius 2 is 1.93 bits per heavy atom. The minimum Gasteiger partial charge on any atom is -0.383 e. The smallest absolute Gasteiger partial charge is 0.191 e. The van der Waals surface area contributed by atoms with E-state index < -0.39 is 0 Å². The van der Waals surface area contributed by atoms with Crippen LogP contribution in [-0.4, -0.2) is 41.0 Å². The molecule has 2 aromatic heterocycles. The SMILES string of the molecule is CCNC(=NCc1c(C)nn(CCOC)c1C)NCc1sc(C)nc1C.I. The summed E-state index contributed by atoms with van der Waals surface area (Å²) in [6.45, 7) is 13.8. The van der Waals surface area contributed by atoms with Gasteiger partial charge in [-0.15, -0.1) is 35.3 Å². The predicted molar refractivity (Wildman–Crippen MR) is 122 cm³/mol. The number of rotatable bonds is 8. The molecule has 0 atom stereocenters. The van der Waals surface area contributed by atoms with Crippen LogP contribution in [-0.2, 0) is 24.4 Å². The maximum Gasteiger partial charge on any atom is 0.191 e. The molecule has 0 saturated heterocycles.